The Morgan fingerprint density at radius 2 is 0.700 bits per heavy atom. The zero-order valence-corrected chi connectivity index (χ0v) is 21.2. The van der Waals surface area contributed by atoms with Crippen molar-refractivity contribution in [1.82, 2.24) is 0 Å². The van der Waals surface area contributed by atoms with E-state index in [1.165, 1.54) is 0 Å². The van der Waals surface area contributed by atoms with E-state index in [0.717, 1.165) is 88.4 Å². The molecule has 0 unspecified atom stereocenters. The van der Waals surface area contributed by atoms with Crippen molar-refractivity contribution in [1.29, 1.82) is 0 Å². The van der Waals surface area contributed by atoms with Gasteiger partial charge in [0.15, 0.2) is 0 Å². The molecule has 40 heavy (non-hydrogen) atoms. The average Bonchev–Trinajstić information content (AvgIpc) is 3.67. The highest BCUT2D eigenvalue weighted by molar-refractivity contribution is 6.09. The monoisotopic (exact) mass is 516 g/mol. The maximum absolute atomic E-state index is 6.33. The first-order valence-electron chi connectivity index (χ1n) is 13.2. The Bertz CT molecular complexity index is 2420. The maximum Gasteiger partial charge on any atom is 0.135 e. The van der Waals surface area contributed by atoms with Crippen LogP contribution in [0.2, 0.25) is 0 Å². The zero-order valence-electron chi connectivity index (χ0n) is 21.2. The third kappa shape index (κ3) is 3.20. The van der Waals surface area contributed by atoms with Crippen LogP contribution in [-0.4, -0.2) is 0 Å². The molecule has 0 aliphatic rings. The fraction of sp³-hybridized carbons (Fsp3) is 0. The van der Waals surface area contributed by atoms with Crippen molar-refractivity contribution in [2.24, 2.45) is 0 Å². The van der Waals surface area contributed by atoms with E-state index < -0.39 is 0 Å². The molecule has 0 spiro atoms. The fourth-order valence-corrected chi connectivity index (χ4v) is 5.81. The van der Waals surface area contributed by atoms with Gasteiger partial charge in [-0.05, 0) is 83.9 Å². The van der Waals surface area contributed by atoms with Crippen LogP contribution in [0.1, 0.15) is 0 Å². The van der Waals surface area contributed by atoms with Crippen molar-refractivity contribution in [2.45, 2.75) is 0 Å². The lowest BCUT2D eigenvalue weighted by atomic mass is 10.0. The summed E-state index contributed by atoms with van der Waals surface area (Å²) in [6, 6.07) is 40.8. The van der Waals surface area contributed by atoms with E-state index in [4.69, 9.17) is 18.0 Å². The molecule has 3 heterocycles. The molecule has 0 bridgehead atoms. The predicted octanol–water partition coefficient (Wildman–Crippen LogP) is 10.8. The summed E-state index contributed by atoms with van der Waals surface area (Å²) in [6.07, 6.45) is 0. The van der Waals surface area contributed by atoms with Gasteiger partial charge in [-0.3, -0.25) is 0 Å². The molecule has 0 aliphatic carbocycles. The van der Waals surface area contributed by atoms with Crippen LogP contribution < -0.4 is 4.74 Å². The minimum absolute atomic E-state index is 0.749. The van der Waals surface area contributed by atoms with Crippen molar-refractivity contribution in [3.05, 3.63) is 121 Å². The second kappa shape index (κ2) is 8.01. The number of para-hydroxylation sites is 2. The van der Waals surface area contributed by atoms with Crippen molar-refractivity contribution in [3.8, 4) is 22.6 Å². The van der Waals surface area contributed by atoms with Gasteiger partial charge < -0.3 is 18.0 Å². The Morgan fingerprint density at radius 3 is 1.23 bits per heavy atom. The summed E-state index contributed by atoms with van der Waals surface area (Å²) in [5, 5.41) is 6.41. The van der Waals surface area contributed by atoms with Gasteiger partial charge in [-0.25, -0.2) is 0 Å². The molecule has 0 saturated heterocycles. The number of benzene rings is 6. The second-order valence-corrected chi connectivity index (χ2v) is 10.1. The first kappa shape index (κ1) is 21.5. The molecule has 0 saturated carbocycles. The van der Waals surface area contributed by atoms with E-state index in [2.05, 4.69) is 42.5 Å². The van der Waals surface area contributed by atoms with E-state index >= 15 is 0 Å². The molecule has 0 amide bonds. The van der Waals surface area contributed by atoms with Gasteiger partial charge in [-0.15, -0.1) is 0 Å². The lowest BCUT2D eigenvalue weighted by molar-refractivity contribution is 0.483. The first-order valence-corrected chi connectivity index (χ1v) is 13.2. The molecule has 4 nitrogen and oxygen atoms in total. The van der Waals surface area contributed by atoms with E-state index in [1.54, 1.807) is 0 Å². The number of fused-ring (bicyclic) bond motifs is 9. The summed E-state index contributed by atoms with van der Waals surface area (Å²) in [7, 11) is 0. The maximum atomic E-state index is 6.33. The Labute approximate surface area is 227 Å². The summed E-state index contributed by atoms with van der Waals surface area (Å²) in [4.78, 5) is 0. The smallest absolute Gasteiger partial charge is 0.135 e. The highest BCUT2D eigenvalue weighted by Crippen LogP contribution is 2.38. The SMILES string of the molecule is c1ccc2c(c1)oc1ccc(Oc3ccc4oc5ccc(-c6ccc7oc8ccccc8c7c6)cc5c4c3)cc12. The van der Waals surface area contributed by atoms with E-state index in [-0.39, 0.29) is 0 Å². The normalized spacial score (nSPS) is 12.0. The van der Waals surface area contributed by atoms with Crippen LogP contribution in [-0.2, 0) is 0 Å². The van der Waals surface area contributed by atoms with Gasteiger partial charge in [-0.2, -0.15) is 0 Å². The van der Waals surface area contributed by atoms with Crippen LogP contribution in [0.4, 0.5) is 0 Å². The summed E-state index contributed by atoms with van der Waals surface area (Å²) >= 11 is 0. The number of hydrogen-bond donors (Lipinski definition) is 0. The number of furan rings is 3. The van der Waals surface area contributed by atoms with Crippen molar-refractivity contribution >= 4 is 65.8 Å². The molecule has 188 valence electrons. The molecular weight excluding hydrogens is 496 g/mol. The number of rotatable bonds is 3. The zero-order chi connectivity index (χ0) is 26.2. The minimum atomic E-state index is 0.749. The Hall–Kier alpha value is -5.48. The molecule has 0 fully saturated rings. The molecule has 0 atom stereocenters. The minimum Gasteiger partial charge on any atom is -0.457 e. The van der Waals surface area contributed by atoms with Gasteiger partial charge >= 0.3 is 0 Å². The van der Waals surface area contributed by atoms with Gasteiger partial charge in [0, 0.05) is 32.3 Å². The Kier molecular flexibility index (Phi) is 4.30. The van der Waals surface area contributed by atoms with E-state index in [1.807, 2.05) is 78.9 Å². The Morgan fingerprint density at radius 1 is 0.325 bits per heavy atom. The molecule has 0 radical (unpaired) electrons. The molecule has 0 aliphatic heterocycles. The molecule has 0 N–H and O–H groups in total. The first-order chi connectivity index (χ1) is 19.8. The second-order valence-electron chi connectivity index (χ2n) is 10.1. The van der Waals surface area contributed by atoms with E-state index in [9.17, 15) is 0 Å². The molecule has 3 aromatic heterocycles. The highest BCUT2D eigenvalue weighted by atomic mass is 16.5. The molecule has 6 aromatic carbocycles. The summed E-state index contributed by atoms with van der Waals surface area (Å²) in [5.74, 6) is 1.51. The molecule has 9 aromatic rings. The van der Waals surface area contributed by atoms with Gasteiger partial charge in [-0.1, -0.05) is 48.5 Å². The van der Waals surface area contributed by atoms with Crippen LogP contribution in [0.3, 0.4) is 0 Å². The molecule has 9 rings (SSSR count). The van der Waals surface area contributed by atoms with Gasteiger partial charge in [0.25, 0.3) is 0 Å². The van der Waals surface area contributed by atoms with Gasteiger partial charge in [0.1, 0.15) is 45.0 Å². The summed E-state index contributed by atoms with van der Waals surface area (Å²) in [6.45, 7) is 0. The van der Waals surface area contributed by atoms with Crippen molar-refractivity contribution in [2.75, 3.05) is 0 Å². The summed E-state index contributed by atoms with van der Waals surface area (Å²) < 4.78 is 24.5. The number of ether oxygens (including phenoxy) is 1. The third-order valence-electron chi connectivity index (χ3n) is 7.73. The average molecular weight is 517 g/mol. The molecule has 4 heteroatoms. The quantitative estimate of drug-likeness (QED) is 0.234. The van der Waals surface area contributed by atoms with Crippen LogP contribution in [0.25, 0.3) is 76.9 Å². The van der Waals surface area contributed by atoms with Gasteiger partial charge in [0.05, 0.1) is 0 Å². The van der Waals surface area contributed by atoms with Crippen LogP contribution in [0.15, 0.2) is 135 Å². The van der Waals surface area contributed by atoms with Crippen molar-refractivity contribution < 1.29 is 18.0 Å². The van der Waals surface area contributed by atoms with Crippen LogP contribution >= 0.6 is 0 Å². The fourth-order valence-electron chi connectivity index (χ4n) is 5.81. The highest BCUT2D eigenvalue weighted by Gasteiger charge is 2.13. The third-order valence-corrected chi connectivity index (χ3v) is 7.73. The number of hydrogen-bond acceptors (Lipinski definition) is 4. The Balaban J connectivity index is 1.13. The van der Waals surface area contributed by atoms with Crippen molar-refractivity contribution in [3.63, 3.8) is 0 Å². The molecular formula is C36H20O4. The van der Waals surface area contributed by atoms with Gasteiger partial charge in [0.2, 0.25) is 0 Å². The van der Waals surface area contributed by atoms with Crippen LogP contribution in [0, 0.1) is 0 Å². The van der Waals surface area contributed by atoms with Crippen LogP contribution in [0.5, 0.6) is 11.5 Å². The predicted molar refractivity (Wildman–Crippen MR) is 160 cm³/mol. The lowest BCUT2D eigenvalue weighted by Gasteiger charge is -2.06. The largest absolute Gasteiger partial charge is 0.457 e. The standard InChI is InChI=1S/C36H20O4/c1-3-7-31-25(5-1)27-17-21(9-13-33(27)38-31)22-10-14-34-28(18-22)30-20-24(12-16-36(30)40-34)37-23-11-15-35-29(19-23)26-6-2-4-8-32(26)39-35/h1-20H. The topological polar surface area (TPSA) is 48.7 Å². The van der Waals surface area contributed by atoms with E-state index in [0.29, 0.717) is 0 Å². The lowest BCUT2D eigenvalue weighted by Crippen LogP contribution is -1.83. The summed E-state index contributed by atoms with van der Waals surface area (Å²) in [5.41, 5.74) is 7.43.